The van der Waals surface area contributed by atoms with Crippen molar-refractivity contribution >= 4 is 5.97 Å². The van der Waals surface area contributed by atoms with Crippen molar-refractivity contribution in [3.8, 4) is 0 Å². The highest BCUT2D eigenvalue weighted by molar-refractivity contribution is 5.87. The zero-order valence-electron chi connectivity index (χ0n) is 7.94. The molecule has 0 spiro atoms. The molecule has 1 fully saturated rings. The van der Waals surface area contributed by atoms with Crippen molar-refractivity contribution in [2.45, 2.75) is 25.7 Å². The number of hydrogen-bond acceptors (Lipinski definition) is 2. The minimum atomic E-state index is -0.873. The third-order valence-corrected chi connectivity index (χ3v) is 2.79. The normalized spacial score (nSPS) is 16.3. The van der Waals surface area contributed by atoms with Crippen LogP contribution < -0.4 is 0 Å². The van der Waals surface area contributed by atoms with Crippen molar-refractivity contribution in [3.63, 3.8) is 0 Å². The molecule has 0 aliphatic heterocycles. The summed E-state index contributed by atoms with van der Waals surface area (Å²) < 4.78 is 0. The van der Waals surface area contributed by atoms with E-state index in [1.807, 2.05) is 0 Å². The van der Waals surface area contributed by atoms with Crippen LogP contribution in [0.15, 0.2) is 18.3 Å². The molecular formula is C11H13NO2. The number of pyridine rings is 1. The molecular weight excluding hydrogens is 178 g/mol. The standard InChI is InChI=1S/C11H13NO2/c13-11(14)9-4-5-12-10(7-9)6-8-2-1-3-8/h4-5,7-8H,1-3,6H2,(H,13,14). The Morgan fingerprint density at radius 3 is 2.93 bits per heavy atom. The Kier molecular flexibility index (Phi) is 2.48. The second-order valence-corrected chi connectivity index (χ2v) is 3.84. The van der Waals surface area contributed by atoms with Crippen molar-refractivity contribution in [2.75, 3.05) is 0 Å². The van der Waals surface area contributed by atoms with E-state index >= 15 is 0 Å². The van der Waals surface area contributed by atoms with E-state index in [1.54, 1.807) is 12.3 Å². The van der Waals surface area contributed by atoms with Gasteiger partial charge in [-0.2, -0.15) is 0 Å². The highest BCUT2D eigenvalue weighted by atomic mass is 16.4. The number of carboxylic acid groups (broad SMARTS) is 1. The molecule has 0 unspecified atom stereocenters. The molecule has 1 saturated carbocycles. The zero-order valence-corrected chi connectivity index (χ0v) is 7.94. The van der Waals surface area contributed by atoms with Crippen LogP contribution in [0.5, 0.6) is 0 Å². The van der Waals surface area contributed by atoms with Crippen LogP contribution in [-0.2, 0) is 6.42 Å². The highest BCUT2D eigenvalue weighted by Gasteiger charge is 2.18. The van der Waals surface area contributed by atoms with Crippen LogP contribution >= 0.6 is 0 Å². The predicted octanol–water partition coefficient (Wildman–Crippen LogP) is 2.12. The van der Waals surface area contributed by atoms with Gasteiger partial charge in [0.25, 0.3) is 0 Å². The van der Waals surface area contributed by atoms with Crippen molar-refractivity contribution in [3.05, 3.63) is 29.6 Å². The topological polar surface area (TPSA) is 50.2 Å². The van der Waals surface area contributed by atoms with E-state index in [-0.39, 0.29) is 0 Å². The number of carboxylic acids is 1. The van der Waals surface area contributed by atoms with Gasteiger partial charge in [-0.05, 0) is 24.5 Å². The monoisotopic (exact) mass is 191 g/mol. The number of aromatic nitrogens is 1. The zero-order chi connectivity index (χ0) is 9.97. The van der Waals surface area contributed by atoms with E-state index in [2.05, 4.69) is 4.98 Å². The van der Waals surface area contributed by atoms with Crippen LogP contribution in [0.25, 0.3) is 0 Å². The maximum Gasteiger partial charge on any atom is 0.335 e. The number of nitrogens with zero attached hydrogens (tertiary/aromatic N) is 1. The lowest BCUT2D eigenvalue weighted by Gasteiger charge is -2.24. The van der Waals surface area contributed by atoms with E-state index in [0.29, 0.717) is 5.56 Å². The smallest absolute Gasteiger partial charge is 0.335 e. The largest absolute Gasteiger partial charge is 0.478 e. The molecule has 1 aliphatic rings. The average Bonchev–Trinajstić information content (AvgIpc) is 2.12. The molecule has 0 radical (unpaired) electrons. The number of carbonyl (C=O) groups is 1. The molecule has 0 aromatic carbocycles. The van der Waals surface area contributed by atoms with Gasteiger partial charge >= 0.3 is 5.97 Å². The Bertz CT molecular complexity index is 345. The third kappa shape index (κ3) is 1.92. The van der Waals surface area contributed by atoms with Gasteiger partial charge in [-0.25, -0.2) is 4.79 Å². The van der Waals surface area contributed by atoms with Crippen LogP contribution in [-0.4, -0.2) is 16.1 Å². The van der Waals surface area contributed by atoms with Crippen LogP contribution in [0.3, 0.4) is 0 Å². The summed E-state index contributed by atoms with van der Waals surface area (Å²) >= 11 is 0. The maximum atomic E-state index is 10.7. The number of hydrogen-bond donors (Lipinski definition) is 1. The van der Waals surface area contributed by atoms with E-state index in [0.717, 1.165) is 18.0 Å². The fourth-order valence-corrected chi connectivity index (χ4v) is 1.72. The minimum Gasteiger partial charge on any atom is -0.478 e. The lowest BCUT2D eigenvalue weighted by molar-refractivity contribution is 0.0696. The summed E-state index contributed by atoms with van der Waals surface area (Å²) in [6.07, 6.45) is 6.35. The first-order valence-electron chi connectivity index (χ1n) is 4.94. The number of aromatic carboxylic acids is 1. The van der Waals surface area contributed by atoms with Gasteiger partial charge in [-0.15, -0.1) is 0 Å². The molecule has 0 saturated heterocycles. The molecule has 3 nitrogen and oxygen atoms in total. The van der Waals surface area contributed by atoms with Crippen molar-refractivity contribution in [1.29, 1.82) is 0 Å². The van der Waals surface area contributed by atoms with Gasteiger partial charge in [-0.3, -0.25) is 4.98 Å². The third-order valence-electron chi connectivity index (χ3n) is 2.79. The molecule has 74 valence electrons. The van der Waals surface area contributed by atoms with Crippen LogP contribution in [0.4, 0.5) is 0 Å². The summed E-state index contributed by atoms with van der Waals surface area (Å²) in [5.41, 5.74) is 1.25. The van der Waals surface area contributed by atoms with E-state index in [9.17, 15) is 4.79 Å². The predicted molar refractivity (Wildman–Crippen MR) is 52.2 cm³/mol. The van der Waals surface area contributed by atoms with Crippen LogP contribution in [0.1, 0.15) is 35.3 Å². The van der Waals surface area contributed by atoms with Crippen molar-refractivity contribution in [2.24, 2.45) is 5.92 Å². The van der Waals surface area contributed by atoms with Gasteiger partial charge in [0.15, 0.2) is 0 Å². The molecule has 1 N–H and O–H groups in total. The minimum absolute atomic E-state index is 0.342. The fourth-order valence-electron chi connectivity index (χ4n) is 1.72. The van der Waals surface area contributed by atoms with Gasteiger partial charge in [0.2, 0.25) is 0 Å². The van der Waals surface area contributed by atoms with Crippen molar-refractivity contribution in [1.82, 2.24) is 4.98 Å². The molecule has 1 aromatic heterocycles. The van der Waals surface area contributed by atoms with E-state index < -0.39 is 5.97 Å². The van der Waals surface area contributed by atoms with E-state index in [4.69, 9.17) is 5.11 Å². The Morgan fingerprint density at radius 2 is 2.36 bits per heavy atom. The summed E-state index contributed by atoms with van der Waals surface area (Å²) in [7, 11) is 0. The SMILES string of the molecule is O=C(O)c1ccnc(CC2CCC2)c1. The molecule has 2 rings (SSSR count). The first kappa shape index (κ1) is 9.19. The molecule has 1 aliphatic carbocycles. The summed E-state index contributed by atoms with van der Waals surface area (Å²) in [5, 5.41) is 8.79. The van der Waals surface area contributed by atoms with Gasteiger partial charge in [0.1, 0.15) is 0 Å². The molecule has 14 heavy (non-hydrogen) atoms. The molecule has 0 atom stereocenters. The maximum absolute atomic E-state index is 10.7. The van der Waals surface area contributed by atoms with Gasteiger partial charge in [0.05, 0.1) is 5.56 Å². The van der Waals surface area contributed by atoms with Crippen LogP contribution in [0, 0.1) is 5.92 Å². The Morgan fingerprint density at radius 1 is 1.57 bits per heavy atom. The Balaban J connectivity index is 2.09. The van der Waals surface area contributed by atoms with Gasteiger partial charge in [0, 0.05) is 11.9 Å². The first-order chi connectivity index (χ1) is 6.75. The van der Waals surface area contributed by atoms with Crippen molar-refractivity contribution < 1.29 is 9.90 Å². The first-order valence-corrected chi connectivity index (χ1v) is 4.94. The Hall–Kier alpha value is -1.38. The number of rotatable bonds is 3. The summed E-state index contributed by atoms with van der Waals surface area (Å²) in [5.74, 6) is -0.145. The second-order valence-electron chi connectivity index (χ2n) is 3.84. The molecule has 0 bridgehead atoms. The molecule has 1 heterocycles. The fraction of sp³-hybridized carbons (Fsp3) is 0.455. The van der Waals surface area contributed by atoms with Gasteiger partial charge < -0.3 is 5.11 Å². The molecule has 3 heteroatoms. The highest BCUT2D eigenvalue weighted by Crippen LogP contribution is 2.29. The summed E-state index contributed by atoms with van der Waals surface area (Å²) in [6.45, 7) is 0. The summed E-state index contributed by atoms with van der Waals surface area (Å²) in [4.78, 5) is 14.9. The quantitative estimate of drug-likeness (QED) is 0.796. The molecule has 1 aromatic rings. The Labute approximate surface area is 82.8 Å². The lowest BCUT2D eigenvalue weighted by Crippen LogP contribution is -2.14. The lowest BCUT2D eigenvalue weighted by atomic mass is 9.82. The van der Waals surface area contributed by atoms with Crippen LogP contribution in [0.2, 0.25) is 0 Å². The molecule has 0 amide bonds. The van der Waals surface area contributed by atoms with E-state index in [1.165, 1.54) is 25.3 Å². The summed E-state index contributed by atoms with van der Waals surface area (Å²) in [6, 6.07) is 3.22. The van der Waals surface area contributed by atoms with Gasteiger partial charge in [-0.1, -0.05) is 19.3 Å². The second kappa shape index (κ2) is 3.78. The average molecular weight is 191 g/mol.